The van der Waals surface area contributed by atoms with Crippen molar-refractivity contribution in [3.63, 3.8) is 0 Å². The first kappa shape index (κ1) is 19.3. The third-order valence-electron chi connectivity index (χ3n) is 4.38. The molecular weight excluding hydrogens is 383 g/mol. The van der Waals surface area contributed by atoms with Crippen LogP contribution in [-0.4, -0.2) is 15.8 Å². The highest BCUT2D eigenvalue weighted by Crippen LogP contribution is 2.26. The van der Waals surface area contributed by atoms with Crippen molar-refractivity contribution in [1.29, 1.82) is 0 Å². The van der Waals surface area contributed by atoms with Gasteiger partial charge in [0.15, 0.2) is 0 Å². The Bertz CT molecular complexity index is 998. The maximum Gasteiger partial charge on any atom is 0.323 e. The van der Waals surface area contributed by atoms with E-state index >= 15 is 0 Å². The molecule has 0 unspecified atom stereocenters. The topological polar surface area (TPSA) is 59.0 Å². The van der Waals surface area contributed by atoms with Crippen molar-refractivity contribution in [1.82, 2.24) is 9.78 Å². The normalized spacial score (nSPS) is 10.7. The Hall–Kier alpha value is -2.50. The second-order valence-electron chi connectivity index (χ2n) is 6.34. The second kappa shape index (κ2) is 8.03. The van der Waals surface area contributed by atoms with E-state index in [0.717, 1.165) is 11.4 Å². The molecule has 27 heavy (non-hydrogen) atoms. The van der Waals surface area contributed by atoms with Crippen LogP contribution < -0.4 is 10.6 Å². The van der Waals surface area contributed by atoms with Crippen molar-refractivity contribution in [2.45, 2.75) is 27.3 Å². The predicted molar refractivity (Wildman–Crippen MR) is 111 cm³/mol. The molecule has 1 aromatic heterocycles. The minimum Gasteiger partial charge on any atom is -0.308 e. The Kier molecular flexibility index (Phi) is 5.73. The molecule has 0 bridgehead atoms. The number of anilines is 2. The van der Waals surface area contributed by atoms with E-state index in [4.69, 9.17) is 23.2 Å². The standard InChI is InChI=1S/C20H20Cl2N4O/c1-12-6-4-5-7-15(12)11-26-14(3)19(13(2)25-26)24-20(27)23-16-8-9-17(21)18(22)10-16/h4-10H,11H2,1-3H3,(H2,23,24,27). The van der Waals surface area contributed by atoms with Gasteiger partial charge in [0.1, 0.15) is 0 Å². The molecule has 0 aliphatic heterocycles. The summed E-state index contributed by atoms with van der Waals surface area (Å²) in [6.07, 6.45) is 0. The first-order valence-corrected chi connectivity index (χ1v) is 9.22. The number of nitrogens with zero attached hydrogens (tertiary/aromatic N) is 2. The summed E-state index contributed by atoms with van der Waals surface area (Å²) in [6, 6.07) is 12.7. The van der Waals surface area contributed by atoms with Crippen molar-refractivity contribution in [3.05, 3.63) is 75.0 Å². The number of carbonyl (C=O) groups excluding carboxylic acids is 1. The van der Waals surface area contributed by atoms with Gasteiger partial charge in [0, 0.05) is 5.69 Å². The number of benzene rings is 2. The maximum atomic E-state index is 12.4. The van der Waals surface area contributed by atoms with Gasteiger partial charge in [0.2, 0.25) is 0 Å². The second-order valence-corrected chi connectivity index (χ2v) is 7.15. The Morgan fingerprint density at radius 3 is 2.48 bits per heavy atom. The zero-order chi connectivity index (χ0) is 19.6. The molecule has 0 fully saturated rings. The van der Waals surface area contributed by atoms with Crippen LogP contribution in [0.25, 0.3) is 0 Å². The number of urea groups is 1. The van der Waals surface area contributed by atoms with Gasteiger partial charge in [-0.05, 0) is 50.1 Å². The zero-order valence-corrected chi connectivity index (χ0v) is 16.8. The summed E-state index contributed by atoms with van der Waals surface area (Å²) in [4.78, 5) is 12.4. The Balaban J connectivity index is 1.75. The molecule has 2 N–H and O–H groups in total. The number of hydrogen-bond acceptors (Lipinski definition) is 2. The first-order chi connectivity index (χ1) is 12.8. The lowest BCUT2D eigenvalue weighted by Gasteiger charge is -2.10. The van der Waals surface area contributed by atoms with Crippen molar-refractivity contribution in [2.24, 2.45) is 0 Å². The number of aromatic nitrogens is 2. The van der Waals surface area contributed by atoms with Crippen LogP contribution in [0.4, 0.5) is 16.2 Å². The summed E-state index contributed by atoms with van der Waals surface area (Å²) >= 11 is 11.9. The lowest BCUT2D eigenvalue weighted by atomic mass is 10.1. The van der Waals surface area contributed by atoms with Gasteiger partial charge in [-0.15, -0.1) is 0 Å². The molecule has 2 aromatic carbocycles. The van der Waals surface area contributed by atoms with Crippen molar-refractivity contribution < 1.29 is 4.79 Å². The molecule has 0 saturated heterocycles. The van der Waals surface area contributed by atoms with Gasteiger partial charge in [-0.1, -0.05) is 47.5 Å². The molecule has 0 aliphatic carbocycles. The largest absolute Gasteiger partial charge is 0.323 e. The maximum absolute atomic E-state index is 12.4. The molecule has 0 atom stereocenters. The molecule has 1 heterocycles. The number of hydrogen-bond donors (Lipinski definition) is 2. The van der Waals surface area contributed by atoms with Crippen LogP contribution in [0.3, 0.4) is 0 Å². The third-order valence-corrected chi connectivity index (χ3v) is 5.12. The number of carbonyl (C=O) groups is 1. The minimum atomic E-state index is -0.366. The summed E-state index contributed by atoms with van der Waals surface area (Å²) in [7, 11) is 0. The number of rotatable bonds is 4. The summed E-state index contributed by atoms with van der Waals surface area (Å²) in [5, 5.41) is 11.0. The van der Waals surface area contributed by atoms with E-state index in [1.54, 1.807) is 18.2 Å². The number of amides is 2. The Morgan fingerprint density at radius 2 is 1.78 bits per heavy atom. The van der Waals surface area contributed by atoms with Gasteiger partial charge in [-0.25, -0.2) is 4.79 Å². The van der Waals surface area contributed by atoms with Crippen LogP contribution >= 0.6 is 23.2 Å². The van der Waals surface area contributed by atoms with Crippen LogP contribution in [-0.2, 0) is 6.54 Å². The highest BCUT2D eigenvalue weighted by molar-refractivity contribution is 6.42. The van der Waals surface area contributed by atoms with Gasteiger partial charge in [-0.2, -0.15) is 5.10 Å². The van der Waals surface area contributed by atoms with E-state index < -0.39 is 0 Å². The molecule has 3 rings (SSSR count). The van der Waals surface area contributed by atoms with Crippen molar-refractivity contribution in [2.75, 3.05) is 10.6 Å². The van der Waals surface area contributed by atoms with Gasteiger partial charge in [0.25, 0.3) is 0 Å². The summed E-state index contributed by atoms with van der Waals surface area (Å²) in [6.45, 7) is 6.53. The third kappa shape index (κ3) is 4.43. The van der Waals surface area contributed by atoms with E-state index in [0.29, 0.717) is 28.0 Å². The van der Waals surface area contributed by atoms with Crippen LogP contribution in [0.15, 0.2) is 42.5 Å². The highest BCUT2D eigenvalue weighted by Gasteiger charge is 2.15. The number of halogens is 2. The molecule has 7 heteroatoms. The van der Waals surface area contributed by atoms with Gasteiger partial charge in [0.05, 0.1) is 33.7 Å². The predicted octanol–water partition coefficient (Wildman–Crippen LogP) is 5.81. The quantitative estimate of drug-likeness (QED) is 0.578. The Morgan fingerprint density at radius 1 is 1.04 bits per heavy atom. The Labute approximate surface area is 168 Å². The lowest BCUT2D eigenvalue weighted by molar-refractivity contribution is 0.262. The SMILES string of the molecule is Cc1ccccc1Cn1nc(C)c(NC(=O)Nc2ccc(Cl)c(Cl)c2)c1C. The summed E-state index contributed by atoms with van der Waals surface area (Å²) in [5.74, 6) is 0. The molecule has 3 aromatic rings. The summed E-state index contributed by atoms with van der Waals surface area (Å²) < 4.78 is 1.90. The first-order valence-electron chi connectivity index (χ1n) is 8.46. The van der Waals surface area contributed by atoms with Crippen molar-refractivity contribution >= 4 is 40.6 Å². The van der Waals surface area contributed by atoms with E-state index in [-0.39, 0.29) is 6.03 Å². The fourth-order valence-corrected chi connectivity index (χ4v) is 3.13. The summed E-state index contributed by atoms with van der Waals surface area (Å²) in [5.41, 5.74) is 5.29. The van der Waals surface area contributed by atoms with Gasteiger partial charge in [-0.3, -0.25) is 4.68 Å². The zero-order valence-electron chi connectivity index (χ0n) is 15.3. The molecule has 0 aliphatic rings. The number of nitrogens with one attached hydrogen (secondary N) is 2. The molecule has 2 amide bonds. The molecule has 140 valence electrons. The fourth-order valence-electron chi connectivity index (χ4n) is 2.83. The van der Waals surface area contributed by atoms with Gasteiger partial charge >= 0.3 is 6.03 Å². The monoisotopic (exact) mass is 402 g/mol. The van der Waals surface area contributed by atoms with E-state index in [9.17, 15) is 4.79 Å². The van der Waals surface area contributed by atoms with Gasteiger partial charge < -0.3 is 10.6 Å². The lowest BCUT2D eigenvalue weighted by Crippen LogP contribution is -2.20. The van der Waals surface area contributed by atoms with Crippen LogP contribution in [0.5, 0.6) is 0 Å². The molecule has 0 radical (unpaired) electrons. The fraction of sp³-hybridized carbons (Fsp3) is 0.200. The molecular formula is C20H20Cl2N4O. The number of aryl methyl sites for hydroxylation is 2. The molecule has 0 saturated carbocycles. The van der Waals surface area contributed by atoms with E-state index in [1.807, 2.05) is 30.7 Å². The van der Waals surface area contributed by atoms with Crippen LogP contribution in [0, 0.1) is 20.8 Å². The van der Waals surface area contributed by atoms with Crippen LogP contribution in [0.1, 0.15) is 22.5 Å². The average molecular weight is 403 g/mol. The minimum absolute atomic E-state index is 0.366. The van der Waals surface area contributed by atoms with Crippen molar-refractivity contribution in [3.8, 4) is 0 Å². The highest BCUT2D eigenvalue weighted by atomic mass is 35.5. The molecule has 5 nitrogen and oxygen atoms in total. The average Bonchev–Trinajstić information content (AvgIpc) is 2.88. The van der Waals surface area contributed by atoms with E-state index in [1.165, 1.54) is 11.1 Å². The van der Waals surface area contributed by atoms with E-state index in [2.05, 4.69) is 34.8 Å². The molecule has 0 spiro atoms. The smallest absolute Gasteiger partial charge is 0.308 e. The van der Waals surface area contributed by atoms with Crippen LogP contribution in [0.2, 0.25) is 10.0 Å².